The molecule has 0 saturated heterocycles. The van der Waals surface area contributed by atoms with E-state index in [1.165, 1.54) is 26.0 Å². The van der Waals surface area contributed by atoms with Crippen LogP contribution in [0.4, 0.5) is 5.69 Å². The third kappa shape index (κ3) is 6.95. The van der Waals surface area contributed by atoms with Crippen LogP contribution < -0.4 is 24.3 Å². The van der Waals surface area contributed by atoms with Crippen molar-refractivity contribution < 1.29 is 23.7 Å². The zero-order valence-corrected chi connectivity index (χ0v) is 19.1. The molecule has 0 bridgehead atoms. The Bertz CT molecular complexity index is 979. The number of nitrogens with zero attached hydrogens (tertiary/aromatic N) is 1. The second-order valence-electron chi connectivity index (χ2n) is 7.01. The molecule has 7 nitrogen and oxygen atoms in total. The molecule has 0 atom stereocenters. The third-order valence-corrected chi connectivity index (χ3v) is 4.78. The van der Waals surface area contributed by atoms with Gasteiger partial charge in [0.1, 0.15) is 23.1 Å². The van der Waals surface area contributed by atoms with Gasteiger partial charge in [0.05, 0.1) is 33.6 Å². The highest BCUT2D eigenvalue weighted by Gasteiger charge is 2.14. The summed E-state index contributed by atoms with van der Waals surface area (Å²) in [6, 6.07) is 12.2. The number of carbonyl (C=O) groups excluding carboxylic acids is 1. The average Bonchev–Trinajstić information content (AvgIpc) is 2.82. The third-order valence-electron chi connectivity index (χ3n) is 4.78. The largest absolute Gasteiger partial charge is 0.497 e. The van der Waals surface area contributed by atoms with E-state index in [4.69, 9.17) is 18.9 Å². The van der Waals surface area contributed by atoms with Crippen LogP contribution in [-0.2, 0) is 4.79 Å². The second kappa shape index (κ2) is 12.9. The molecule has 0 heterocycles. The van der Waals surface area contributed by atoms with Gasteiger partial charge >= 0.3 is 0 Å². The van der Waals surface area contributed by atoms with Crippen molar-refractivity contribution in [2.75, 3.05) is 33.3 Å². The van der Waals surface area contributed by atoms with Gasteiger partial charge in [-0.2, -0.15) is 5.26 Å². The van der Waals surface area contributed by atoms with Gasteiger partial charge in [0.25, 0.3) is 5.91 Å². The van der Waals surface area contributed by atoms with E-state index in [-0.39, 0.29) is 5.57 Å². The highest BCUT2D eigenvalue weighted by atomic mass is 16.5. The standard InChI is InChI=1S/C25H30N2O5/c1-5-6-7-8-13-32-22-12-9-18(15-24(22)31-4)14-19(17-26)25(28)27-21-11-10-20(29-2)16-23(21)30-3/h9-12,14-16H,5-8,13H2,1-4H3,(H,27,28)/b19-14+. The van der Waals surface area contributed by atoms with E-state index in [1.807, 2.05) is 6.07 Å². The van der Waals surface area contributed by atoms with Crippen molar-refractivity contribution in [3.8, 4) is 29.1 Å². The van der Waals surface area contributed by atoms with Crippen LogP contribution in [0.1, 0.15) is 38.2 Å². The summed E-state index contributed by atoms with van der Waals surface area (Å²) in [6.45, 7) is 2.78. The molecule has 0 unspecified atom stereocenters. The molecule has 0 saturated carbocycles. The summed E-state index contributed by atoms with van der Waals surface area (Å²) >= 11 is 0. The second-order valence-corrected chi connectivity index (χ2v) is 7.01. The molecule has 2 aromatic rings. The van der Waals surface area contributed by atoms with Crippen LogP contribution >= 0.6 is 0 Å². The van der Waals surface area contributed by atoms with E-state index in [1.54, 1.807) is 50.6 Å². The molecule has 0 aromatic heterocycles. The van der Waals surface area contributed by atoms with E-state index in [0.717, 1.165) is 12.8 Å². The van der Waals surface area contributed by atoms with Crippen molar-refractivity contribution >= 4 is 17.7 Å². The zero-order valence-electron chi connectivity index (χ0n) is 19.1. The fourth-order valence-corrected chi connectivity index (χ4v) is 3.01. The minimum absolute atomic E-state index is 0.0573. The molecule has 2 rings (SSSR count). The number of nitrogens with one attached hydrogen (secondary N) is 1. The Balaban J connectivity index is 2.15. The SMILES string of the molecule is CCCCCCOc1ccc(/C=C(\C#N)C(=O)Nc2ccc(OC)cc2OC)cc1OC. The molecular formula is C25H30N2O5. The Labute approximate surface area is 189 Å². The van der Waals surface area contributed by atoms with Gasteiger partial charge in [0, 0.05) is 6.07 Å². The number of benzene rings is 2. The average molecular weight is 439 g/mol. The monoisotopic (exact) mass is 438 g/mol. The van der Waals surface area contributed by atoms with Crippen molar-refractivity contribution in [3.05, 3.63) is 47.5 Å². The van der Waals surface area contributed by atoms with Crippen LogP contribution in [0.5, 0.6) is 23.0 Å². The molecule has 1 amide bonds. The summed E-state index contributed by atoms with van der Waals surface area (Å²) < 4.78 is 21.7. The van der Waals surface area contributed by atoms with E-state index in [9.17, 15) is 10.1 Å². The maximum Gasteiger partial charge on any atom is 0.266 e. The number of anilines is 1. The Hall–Kier alpha value is -3.66. The maximum absolute atomic E-state index is 12.7. The number of methoxy groups -OCH3 is 3. The normalized spacial score (nSPS) is 10.8. The van der Waals surface area contributed by atoms with Crippen LogP contribution in [0.25, 0.3) is 6.08 Å². The first-order chi connectivity index (χ1) is 15.6. The molecule has 0 radical (unpaired) electrons. The summed E-state index contributed by atoms with van der Waals surface area (Å²) in [5, 5.41) is 12.2. The Morgan fingerprint density at radius 3 is 2.41 bits per heavy atom. The number of ether oxygens (including phenoxy) is 4. The quantitative estimate of drug-likeness (QED) is 0.278. The van der Waals surface area contributed by atoms with Crippen LogP contribution in [0.15, 0.2) is 42.0 Å². The summed E-state index contributed by atoms with van der Waals surface area (Å²) in [5.41, 5.74) is 1.02. The van der Waals surface area contributed by atoms with Gasteiger partial charge in [0.15, 0.2) is 11.5 Å². The fourth-order valence-electron chi connectivity index (χ4n) is 3.01. The Kier molecular flexibility index (Phi) is 9.92. The van der Waals surface area contributed by atoms with E-state index in [0.29, 0.717) is 40.9 Å². The van der Waals surface area contributed by atoms with Crippen LogP contribution in [-0.4, -0.2) is 33.8 Å². The first-order valence-corrected chi connectivity index (χ1v) is 10.5. The number of carbonyl (C=O) groups is 1. The predicted molar refractivity (Wildman–Crippen MR) is 124 cm³/mol. The van der Waals surface area contributed by atoms with E-state index >= 15 is 0 Å². The number of nitriles is 1. The lowest BCUT2D eigenvalue weighted by atomic mass is 10.1. The molecule has 0 aliphatic heterocycles. The van der Waals surface area contributed by atoms with Crippen LogP contribution in [0, 0.1) is 11.3 Å². The number of amides is 1. The van der Waals surface area contributed by atoms with Gasteiger partial charge < -0.3 is 24.3 Å². The molecule has 170 valence electrons. The Morgan fingerprint density at radius 2 is 1.75 bits per heavy atom. The van der Waals surface area contributed by atoms with E-state index < -0.39 is 5.91 Å². The van der Waals surface area contributed by atoms with Gasteiger partial charge in [-0.15, -0.1) is 0 Å². The van der Waals surface area contributed by atoms with Gasteiger partial charge in [-0.25, -0.2) is 0 Å². The lowest BCUT2D eigenvalue weighted by Crippen LogP contribution is -2.14. The lowest BCUT2D eigenvalue weighted by Gasteiger charge is -2.12. The van der Waals surface area contributed by atoms with Crippen LogP contribution in [0.3, 0.4) is 0 Å². The predicted octanol–water partition coefficient (Wildman–Crippen LogP) is 5.22. The van der Waals surface area contributed by atoms with Gasteiger partial charge in [0.2, 0.25) is 0 Å². The lowest BCUT2D eigenvalue weighted by molar-refractivity contribution is -0.112. The van der Waals surface area contributed by atoms with Gasteiger partial charge in [-0.05, 0) is 42.3 Å². The number of unbranched alkanes of at least 4 members (excludes halogenated alkanes) is 3. The van der Waals surface area contributed by atoms with E-state index in [2.05, 4.69) is 12.2 Å². The van der Waals surface area contributed by atoms with Gasteiger partial charge in [-0.3, -0.25) is 4.79 Å². The van der Waals surface area contributed by atoms with Crippen molar-refractivity contribution in [1.82, 2.24) is 0 Å². The highest BCUT2D eigenvalue weighted by molar-refractivity contribution is 6.10. The number of hydrogen-bond donors (Lipinski definition) is 1. The zero-order chi connectivity index (χ0) is 23.3. The molecule has 2 aromatic carbocycles. The first-order valence-electron chi connectivity index (χ1n) is 10.5. The first kappa shape index (κ1) is 24.6. The van der Waals surface area contributed by atoms with Crippen molar-refractivity contribution in [2.45, 2.75) is 32.6 Å². The van der Waals surface area contributed by atoms with Gasteiger partial charge in [-0.1, -0.05) is 32.3 Å². The number of hydrogen-bond acceptors (Lipinski definition) is 6. The number of rotatable bonds is 12. The van der Waals surface area contributed by atoms with Crippen molar-refractivity contribution in [3.63, 3.8) is 0 Å². The molecule has 7 heteroatoms. The van der Waals surface area contributed by atoms with Crippen LogP contribution in [0.2, 0.25) is 0 Å². The van der Waals surface area contributed by atoms with Crippen molar-refractivity contribution in [1.29, 1.82) is 5.26 Å². The summed E-state index contributed by atoms with van der Waals surface area (Å²) in [6.07, 6.45) is 5.96. The smallest absolute Gasteiger partial charge is 0.266 e. The molecule has 32 heavy (non-hydrogen) atoms. The molecule has 1 N–H and O–H groups in total. The minimum Gasteiger partial charge on any atom is -0.497 e. The molecule has 0 spiro atoms. The minimum atomic E-state index is -0.550. The fraction of sp³-hybridized carbons (Fsp3) is 0.360. The van der Waals surface area contributed by atoms with Crippen molar-refractivity contribution in [2.24, 2.45) is 0 Å². The topological polar surface area (TPSA) is 89.8 Å². The molecule has 0 fully saturated rings. The molecule has 0 aliphatic carbocycles. The molecular weight excluding hydrogens is 408 g/mol. The maximum atomic E-state index is 12.7. The highest BCUT2D eigenvalue weighted by Crippen LogP contribution is 2.31. The summed E-state index contributed by atoms with van der Waals surface area (Å²) in [4.78, 5) is 12.7. The Morgan fingerprint density at radius 1 is 0.969 bits per heavy atom. The summed E-state index contributed by atoms with van der Waals surface area (Å²) in [7, 11) is 4.59. The molecule has 0 aliphatic rings. The summed E-state index contributed by atoms with van der Waals surface area (Å²) in [5.74, 6) is 1.65.